The Hall–Kier alpha value is -3.08. The maximum atomic E-state index is 12.7. The van der Waals surface area contributed by atoms with Gasteiger partial charge in [0.2, 0.25) is 15.9 Å². The van der Waals surface area contributed by atoms with Crippen molar-refractivity contribution < 1.29 is 13.2 Å². The number of anilines is 1. The predicted octanol–water partition coefficient (Wildman–Crippen LogP) is 2.80. The summed E-state index contributed by atoms with van der Waals surface area (Å²) in [5, 5.41) is 3.33. The molecule has 0 aliphatic rings. The van der Waals surface area contributed by atoms with Crippen molar-refractivity contribution in [2.75, 3.05) is 25.0 Å². The number of hydrogen-bond donors (Lipinski definition) is 2. The SMILES string of the molecule is CCN(CC)S(=O)(=O)c1ccc(NC(=O)CN(Cc2nc3ccccc3c(=O)[nH]2)C(C)C)cc1. The van der Waals surface area contributed by atoms with E-state index in [0.717, 1.165) is 0 Å². The standard InChI is InChI=1S/C24H31N5O4S/c1-5-29(6-2)34(32,33)19-13-11-18(12-14-19)25-23(30)16-28(17(3)4)15-22-26-21-10-8-7-9-20(21)24(31)27-22/h7-14,17H,5-6,15-16H2,1-4H3,(H,25,30)(H,26,27,31). The molecular formula is C24H31N5O4S. The number of sulfonamides is 1. The van der Waals surface area contributed by atoms with E-state index in [0.29, 0.717) is 42.0 Å². The zero-order valence-electron chi connectivity index (χ0n) is 19.9. The molecule has 0 saturated heterocycles. The zero-order chi connectivity index (χ0) is 24.9. The molecule has 34 heavy (non-hydrogen) atoms. The van der Waals surface area contributed by atoms with Crippen molar-refractivity contribution in [1.82, 2.24) is 19.2 Å². The van der Waals surface area contributed by atoms with Gasteiger partial charge < -0.3 is 10.3 Å². The molecule has 1 heterocycles. The Morgan fingerprint density at radius 3 is 2.32 bits per heavy atom. The van der Waals surface area contributed by atoms with Crippen LogP contribution in [0.3, 0.4) is 0 Å². The van der Waals surface area contributed by atoms with E-state index < -0.39 is 10.0 Å². The fraction of sp³-hybridized carbons (Fsp3) is 0.375. The largest absolute Gasteiger partial charge is 0.325 e. The molecule has 0 radical (unpaired) electrons. The highest BCUT2D eigenvalue weighted by molar-refractivity contribution is 7.89. The number of aromatic nitrogens is 2. The second-order valence-corrected chi connectivity index (χ2v) is 10.1. The first-order valence-electron chi connectivity index (χ1n) is 11.3. The molecule has 9 nitrogen and oxygen atoms in total. The number of aromatic amines is 1. The third-order valence-corrected chi connectivity index (χ3v) is 7.64. The van der Waals surface area contributed by atoms with Gasteiger partial charge in [0.15, 0.2) is 0 Å². The van der Waals surface area contributed by atoms with Gasteiger partial charge in [0.25, 0.3) is 5.56 Å². The molecule has 182 valence electrons. The number of nitrogens with one attached hydrogen (secondary N) is 2. The third-order valence-electron chi connectivity index (χ3n) is 5.57. The van der Waals surface area contributed by atoms with Gasteiger partial charge in [0.05, 0.1) is 28.9 Å². The van der Waals surface area contributed by atoms with Crippen molar-refractivity contribution in [3.8, 4) is 0 Å². The fourth-order valence-corrected chi connectivity index (χ4v) is 5.09. The molecule has 0 atom stereocenters. The third kappa shape index (κ3) is 5.88. The molecule has 3 rings (SSSR count). The molecule has 3 aromatic rings. The van der Waals surface area contributed by atoms with Crippen LogP contribution in [0, 0.1) is 0 Å². The molecule has 1 aromatic heterocycles. The molecule has 1 amide bonds. The number of fused-ring (bicyclic) bond motifs is 1. The van der Waals surface area contributed by atoms with Crippen LogP contribution in [0.25, 0.3) is 10.9 Å². The summed E-state index contributed by atoms with van der Waals surface area (Å²) in [6.45, 7) is 8.65. The smallest absolute Gasteiger partial charge is 0.258 e. The summed E-state index contributed by atoms with van der Waals surface area (Å²) in [7, 11) is -3.55. The Balaban J connectivity index is 1.69. The average Bonchev–Trinajstić information content (AvgIpc) is 2.79. The molecule has 10 heteroatoms. The molecule has 0 aliphatic heterocycles. The normalized spacial score (nSPS) is 12.1. The number of para-hydroxylation sites is 1. The molecule has 0 bridgehead atoms. The highest BCUT2D eigenvalue weighted by Crippen LogP contribution is 2.18. The molecule has 0 unspecified atom stereocenters. The number of rotatable bonds is 10. The molecule has 0 spiro atoms. The van der Waals surface area contributed by atoms with Gasteiger partial charge >= 0.3 is 0 Å². The first-order valence-corrected chi connectivity index (χ1v) is 12.7. The van der Waals surface area contributed by atoms with Gasteiger partial charge in [-0.2, -0.15) is 4.31 Å². The topological polar surface area (TPSA) is 115 Å². The van der Waals surface area contributed by atoms with Gasteiger partial charge in [0.1, 0.15) is 5.82 Å². The summed E-state index contributed by atoms with van der Waals surface area (Å²) in [6.07, 6.45) is 0. The van der Waals surface area contributed by atoms with Crippen LogP contribution in [0.4, 0.5) is 5.69 Å². The van der Waals surface area contributed by atoms with Crippen molar-refractivity contribution in [2.24, 2.45) is 0 Å². The van der Waals surface area contributed by atoms with E-state index >= 15 is 0 Å². The van der Waals surface area contributed by atoms with Crippen LogP contribution >= 0.6 is 0 Å². The summed E-state index contributed by atoms with van der Waals surface area (Å²) in [5.74, 6) is 0.229. The minimum Gasteiger partial charge on any atom is -0.325 e. The Morgan fingerprint density at radius 2 is 1.71 bits per heavy atom. The lowest BCUT2D eigenvalue weighted by molar-refractivity contribution is -0.117. The average molecular weight is 486 g/mol. The number of carbonyl (C=O) groups is 1. The highest BCUT2D eigenvalue weighted by atomic mass is 32.2. The van der Waals surface area contributed by atoms with E-state index in [1.54, 1.807) is 44.2 Å². The summed E-state index contributed by atoms with van der Waals surface area (Å²) < 4.78 is 26.6. The Kier molecular flexibility index (Phi) is 8.19. The van der Waals surface area contributed by atoms with E-state index in [9.17, 15) is 18.0 Å². The van der Waals surface area contributed by atoms with Gasteiger partial charge in [-0.05, 0) is 50.2 Å². The van der Waals surface area contributed by atoms with Gasteiger partial charge in [-0.25, -0.2) is 13.4 Å². The van der Waals surface area contributed by atoms with Crippen LogP contribution in [0.1, 0.15) is 33.5 Å². The highest BCUT2D eigenvalue weighted by Gasteiger charge is 2.21. The summed E-state index contributed by atoms with van der Waals surface area (Å²) >= 11 is 0. The Labute approximate surface area is 199 Å². The van der Waals surface area contributed by atoms with Crippen LogP contribution in [-0.4, -0.2) is 59.2 Å². The van der Waals surface area contributed by atoms with Gasteiger partial charge in [-0.15, -0.1) is 0 Å². The maximum absolute atomic E-state index is 12.7. The minimum atomic E-state index is -3.55. The quantitative estimate of drug-likeness (QED) is 0.456. The van der Waals surface area contributed by atoms with Gasteiger partial charge in [-0.1, -0.05) is 26.0 Å². The van der Waals surface area contributed by atoms with E-state index in [1.807, 2.05) is 24.8 Å². The van der Waals surface area contributed by atoms with Crippen LogP contribution < -0.4 is 10.9 Å². The lowest BCUT2D eigenvalue weighted by atomic mass is 10.2. The summed E-state index contributed by atoms with van der Waals surface area (Å²) in [5.41, 5.74) is 0.895. The van der Waals surface area contributed by atoms with Crippen molar-refractivity contribution in [3.63, 3.8) is 0 Å². The second-order valence-electron chi connectivity index (χ2n) is 8.19. The van der Waals surface area contributed by atoms with E-state index in [1.165, 1.54) is 16.4 Å². The van der Waals surface area contributed by atoms with E-state index in [2.05, 4.69) is 15.3 Å². The first-order chi connectivity index (χ1) is 16.1. The summed E-state index contributed by atoms with van der Waals surface area (Å²) in [4.78, 5) is 34.5. The lowest BCUT2D eigenvalue weighted by Crippen LogP contribution is -2.38. The van der Waals surface area contributed by atoms with Crippen molar-refractivity contribution in [3.05, 3.63) is 64.7 Å². The Morgan fingerprint density at radius 1 is 1.06 bits per heavy atom. The van der Waals surface area contributed by atoms with Crippen molar-refractivity contribution in [2.45, 2.75) is 45.2 Å². The maximum Gasteiger partial charge on any atom is 0.258 e. The molecule has 0 saturated carbocycles. The molecule has 0 fully saturated rings. The Bertz CT molecular complexity index is 1300. The number of H-pyrrole nitrogens is 1. The molecular weight excluding hydrogens is 454 g/mol. The van der Waals surface area contributed by atoms with Crippen LogP contribution in [0.2, 0.25) is 0 Å². The summed E-state index contributed by atoms with van der Waals surface area (Å²) in [6, 6.07) is 13.3. The van der Waals surface area contributed by atoms with Crippen molar-refractivity contribution in [1.29, 1.82) is 0 Å². The monoisotopic (exact) mass is 485 g/mol. The number of amides is 1. The van der Waals surface area contributed by atoms with E-state index in [4.69, 9.17) is 0 Å². The number of benzene rings is 2. The molecule has 2 aromatic carbocycles. The minimum absolute atomic E-state index is 0.0177. The second kappa shape index (κ2) is 10.9. The van der Waals surface area contributed by atoms with Gasteiger partial charge in [-0.3, -0.25) is 14.5 Å². The first kappa shape index (κ1) is 25.5. The van der Waals surface area contributed by atoms with Crippen LogP contribution in [0.5, 0.6) is 0 Å². The fourth-order valence-electron chi connectivity index (χ4n) is 3.63. The van der Waals surface area contributed by atoms with Crippen LogP contribution in [0.15, 0.2) is 58.2 Å². The molecule has 0 aliphatic carbocycles. The predicted molar refractivity (Wildman–Crippen MR) is 133 cm³/mol. The number of carbonyl (C=O) groups excluding carboxylic acids is 1. The van der Waals surface area contributed by atoms with Crippen molar-refractivity contribution >= 4 is 32.5 Å². The van der Waals surface area contributed by atoms with E-state index in [-0.39, 0.29) is 28.9 Å². The molecule has 2 N–H and O–H groups in total. The number of nitrogens with zero attached hydrogens (tertiary/aromatic N) is 3. The number of hydrogen-bond acceptors (Lipinski definition) is 6. The van der Waals surface area contributed by atoms with Crippen LogP contribution in [-0.2, 0) is 21.4 Å². The van der Waals surface area contributed by atoms with Gasteiger partial charge in [0, 0.05) is 24.8 Å². The zero-order valence-corrected chi connectivity index (χ0v) is 20.7. The lowest BCUT2D eigenvalue weighted by Gasteiger charge is -2.25.